The molecule has 0 saturated heterocycles. The standard InChI is InChI=1S/C17H17N3O2/c1-12-8-9-13(2)15(10-12)19-16(21)17(22)20-18-11-14-6-4-3-5-7-14/h3-11H,1-2H3,(H,19,21)(H,20,22)/b18-11-. The fourth-order valence-electron chi connectivity index (χ4n) is 1.80. The summed E-state index contributed by atoms with van der Waals surface area (Å²) in [6, 6.07) is 14.9. The van der Waals surface area contributed by atoms with Crippen LogP contribution >= 0.6 is 0 Å². The van der Waals surface area contributed by atoms with Gasteiger partial charge in [0, 0.05) is 5.69 Å². The van der Waals surface area contributed by atoms with E-state index in [9.17, 15) is 9.59 Å². The van der Waals surface area contributed by atoms with Crippen molar-refractivity contribution in [3.8, 4) is 0 Å². The van der Waals surface area contributed by atoms with E-state index in [1.165, 1.54) is 6.21 Å². The summed E-state index contributed by atoms with van der Waals surface area (Å²) >= 11 is 0. The molecule has 2 N–H and O–H groups in total. The van der Waals surface area contributed by atoms with Gasteiger partial charge in [-0.25, -0.2) is 5.43 Å². The number of carbonyl (C=O) groups excluding carboxylic acids is 2. The Hall–Kier alpha value is -2.95. The molecule has 0 atom stereocenters. The number of rotatable bonds is 3. The van der Waals surface area contributed by atoms with Crippen LogP contribution in [0.5, 0.6) is 0 Å². The average Bonchev–Trinajstić information content (AvgIpc) is 2.52. The first-order chi connectivity index (χ1) is 10.6. The van der Waals surface area contributed by atoms with E-state index in [0.29, 0.717) is 5.69 Å². The van der Waals surface area contributed by atoms with Crippen molar-refractivity contribution in [3.05, 3.63) is 65.2 Å². The van der Waals surface area contributed by atoms with E-state index in [4.69, 9.17) is 0 Å². The zero-order valence-electron chi connectivity index (χ0n) is 12.5. The summed E-state index contributed by atoms with van der Waals surface area (Å²) in [7, 11) is 0. The van der Waals surface area contributed by atoms with Gasteiger partial charge in [0.2, 0.25) is 0 Å². The number of amides is 2. The van der Waals surface area contributed by atoms with Gasteiger partial charge >= 0.3 is 11.8 Å². The van der Waals surface area contributed by atoms with Gasteiger partial charge in [-0.15, -0.1) is 0 Å². The first-order valence-electron chi connectivity index (χ1n) is 6.83. The number of carbonyl (C=O) groups is 2. The van der Waals surface area contributed by atoms with E-state index < -0.39 is 11.8 Å². The quantitative estimate of drug-likeness (QED) is 0.518. The molecule has 0 unspecified atom stereocenters. The van der Waals surface area contributed by atoms with Crippen LogP contribution in [0.15, 0.2) is 53.6 Å². The van der Waals surface area contributed by atoms with Crippen LogP contribution in [0.1, 0.15) is 16.7 Å². The molecule has 22 heavy (non-hydrogen) atoms. The topological polar surface area (TPSA) is 70.6 Å². The SMILES string of the molecule is Cc1ccc(C)c(NC(=O)C(=O)N/N=C\c2ccccc2)c1. The van der Waals surface area contributed by atoms with Crippen LogP contribution in [0, 0.1) is 13.8 Å². The van der Waals surface area contributed by atoms with E-state index in [-0.39, 0.29) is 0 Å². The van der Waals surface area contributed by atoms with E-state index in [1.54, 1.807) is 0 Å². The summed E-state index contributed by atoms with van der Waals surface area (Å²) in [5.41, 5.74) is 5.54. The molecule has 0 aliphatic heterocycles. The molecule has 0 aliphatic rings. The van der Waals surface area contributed by atoms with E-state index in [0.717, 1.165) is 16.7 Å². The fraction of sp³-hybridized carbons (Fsp3) is 0.118. The number of hydrogen-bond donors (Lipinski definition) is 2. The van der Waals surface area contributed by atoms with Gasteiger partial charge < -0.3 is 5.32 Å². The normalized spacial score (nSPS) is 10.5. The maximum Gasteiger partial charge on any atom is 0.329 e. The maximum atomic E-state index is 11.8. The minimum atomic E-state index is -0.812. The molecule has 2 rings (SSSR count). The molecule has 5 heteroatoms. The molecule has 0 aromatic heterocycles. The van der Waals surface area contributed by atoms with Gasteiger partial charge in [-0.1, -0.05) is 42.5 Å². The van der Waals surface area contributed by atoms with Crippen molar-refractivity contribution in [3.63, 3.8) is 0 Å². The third-order valence-corrected chi connectivity index (χ3v) is 3.03. The van der Waals surface area contributed by atoms with Gasteiger partial charge in [0.1, 0.15) is 0 Å². The van der Waals surface area contributed by atoms with Gasteiger partial charge in [-0.3, -0.25) is 9.59 Å². The van der Waals surface area contributed by atoms with Crippen molar-refractivity contribution in [1.82, 2.24) is 5.43 Å². The lowest BCUT2D eigenvalue weighted by atomic mass is 10.1. The second-order valence-electron chi connectivity index (χ2n) is 4.88. The Kier molecular flexibility index (Phi) is 5.03. The smallest absolute Gasteiger partial charge is 0.317 e. The van der Waals surface area contributed by atoms with Crippen LogP contribution in [-0.2, 0) is 9.59 Å². The molecule has 0 fully saturated rings. The molecule has 0 spiro atoms. The Morgan fingerprint density at radius 1 is 1.00 bits per heavy atom. The fourth-order valence-corrected chi connectivity index (χ4v) is 1.80. The Bertz CT molecular complexity index is 709. The van der Waals surface area contributed by atoms with Crippen LogP contribution in [0.25, 0.3) is 0 Å². The Balaban J connectivity index is 1.94. The molecular formula is C17H17N3O2. The monoisotopic (exact) mass is 295 g/mol. The number of benzene rings is 2. The van der Waals surface area contributed by atoms with Crippen LogP contribution < -0.4 is 10.7 Å². The van der Waals surface area contributed by atoms with Crippen LogP contribution in [0.2, 0.25) is 0 Å². The number of nitrogens with one attached hydrogen (secondary N) is 2. The zero-order valence-corrected chi connectivity index (χ0v) is 12.5. The summed E-state index contributed by atoms with van der Waals surface area (Å²) < 4.78 is 0. The lowest BCUT2D eigenvalue weighted by molar-refractivity contribution is -0.136. The largest absolute Gasteiger partial charge is 0.329 e. The zero-order chi connectivity index (χ0) is 15.9. The molecule has 5 nitrogen and oxygen atoms in total. The van der Waals surface area contributed by atoms with Crippen LogP contribution in [0.3, 0.4) is 0 Å². The van der Waals surface area contributed by atoms with E-state index >= 15 is 0 Å². The first-order valence-corrected chi connectivity index (χ1v) is 6.83. The van der Waals surface area contributed by atoms with Crippen LogP contribution in [-0.4, -0.2) is 18.0 Å². The molecule has 2 aromatic carbocycles. The highest BCUT2D eigenvalue weighted by molar-refractivity contribution is 6.39. The predicted molar refractivity (Wildman–Crippen MR) is 86.7 cm³/mol. The van der Waals surface area contributed by atoms with Gasteiger partial charge in [0.25, 0.3) is 0 Å². The van der Waals surface area contributed by atoms with Gasteiger partial charge in [-0.05, 0) is 36.6 Å². The molecule has 0 bridgehead atoms. The third-order valence-electron chi connectivity index (χ3n) is 3.03. The minimum absolute atomic E-state index is 0.618. The Labute approximate surface area is 129 Å². The second-order valence-corrected chi connectivity index (χ2v) is 4.88. The number of hydrogen-bond acceptors (Lipinski definition) is 3. The maximum absolute atomic E-state index is 11.8. The predicted octanol–water partition coefficient (Wildman–Crippen LogP) is 2.39. The summed E-state index contributed by atoms with van der Waals surface area (Å²) in [5, 5.41) is 6.33. The molecule has 0 saturated carbocycles. The van der Waals surface area contributed by atoms with Crippen molar-refractivity contribution in [2.75, 3.05) is 5.32 Å². The molecule has 2 amide bonds. The molecular weight excluding hydrogens is 278 g/mol. The lowest BCUT2D eigenvalue weighted by Gasteiger charge is -2.08. The molecule has 2 aromatic rings. The average molecular weight is 295 g/mol. The van der Waals surface area contributed by atoms with Crippen LogP contribution in [0.4, 0.5) is 5.69 Å². The van der Waals surface area contributed by atoms with Crippen molar-refractivity contribution in [2.24, 2.45) is 5.10 Å². The van der Waals surface area contributed by atoms with Crippen molar-refractivity contribution < 1.29 is 9.59 Å². The van der Waals surface area contributed by atoms with Gasteiger partial charge in [0.05, 0.1) is 6.21 Å². The van der Waals surface area contributed by atoms with E-state index in [1.807, 2.05) is 62.4 Å². The van der Waals surface area contributed by atoms with Crippen molar-refractivity contribution in [1.29, 1.82) is 0 Å². The lowest BCUT2D eigenvalue weighted by Crippen LogP contribution is -2.32. The summed E-state index contributed by atoms with van der Waals surface area (Å²) in [5.74, 6) is -1.56. The number of nitrogens with zero attached hydrogens (tertiary/aromatic N) is 1. The molecule has 0 radical (unpaired) electrons. The van der Waals surface area contributed by atoms with Crippen molar-refractivity contribution in [2.45, 2.75) is 13.8 Å². The number of hydrazone groups is 1. The number of aryl methyl sites for hydroxylation is 2. The highest BCUT2D eigenvalue weighted by Gasteiger charge is 2.13. The van der Waals surface area contributed by atoms with Gasteiger partial charge in [-0.2, -0.15) is 5.10 Å². The first kappa shape index (κ1) is 15.4. The summed E-state index contributed by atoms with van der Waals surface area (Å²) in [6.45, 7) is 3.78. The highest BCUT2D eigenvalue weighted by atomic mass is 16.2. The highest BCUT2D eigenvalue weighted by Crippen LogP contribution is 2.15. The summed E-state index contributed by atoms with van der Waals surface area (Å²) in [6.07, 6.45) is 1.48. The minimum Gasteiger partial charge on any atom is -0.317 e. The molecule has 0 aliphatic carbocycles. The molecule has 112 valence electrons. The van der Waals surface area contributed by atoms with Gasteiger partial charge in [0.15, 0.2) is 0 Å². The Morgan fingerprint density at radius 3 is 2.45 bits per heavy atom. The molecule has 0 heterocycles. The van der Waals surface area contributed by atoms with E-state index in [2.05, 4.69) is 15.8 Å². The Morgan fingerprint density at radius 2 is 1.73 bits per heavy atom. The van der Waals surface area contributed by atoms with Crippen molar-refractivity contribution >= 4 is 23.7 Å². The summed E-state index contributed by atoms with van der Waals surface area (Å²) in [4.78, 5) is 23.5. The number of anilines is 1. The third kappa shape index (κ3) is 4.28. The second kappa shape index (κ2) is 7.17.